The topological polar surface area (TPSA) is 173 Å². The molecule has 0 aromatic carbocycles. The highest BCUT2D eigenvalue weighted by Gasteiger charge is 2.51. The Balaban J connectivity index is 1.27. The number of carbonyl (C=O) groups excluding carboxylic acids is 2. The Bertz CT molecular complexity index is 1390. The summed E-state index contributed by atoms with van der Waals surface area (Å²) in [7, 11) is -3.77. The fraction of sp³-hybridized carbons (Fsp3) is 0.767. The summed E-state index contributed by atoms with van der Waals surface area (Å²) in [6, 6.07) is 0. The smallest absolute Gasteiger partial charge is 0.326 e. The van der Waals surface area contributed by atoms with Crippen LogP contribution in [0.15, 0.2) is 12.7 Å². The predicted molar refractivity (Wildman–Crippen MR) is 166 cm³/mol. The SMILES string of the molecule is C[C@H](Cn1cnc2c(N)ncnc21)OCP(=O)(NC(C)(C)C(=O)OC1CCCCC1)NC(C)(C)C(=O)OC1CC2(CCC2)C1. The Hall–Kier alpha value is -2.60. The van der Waals surface area contributed by atoms with Gasteiger partial charge in [0.1, 0.15) is 41.5 Å². The normalized spacial score (nSPS) is 21.3. The van der Waals surface area contributed by atoms with Gasteiger partial charge < -0.3 is 24.5 Å². The minimum Gasteiger partial charge on any atom is -0.461 e. The number of nitrogens with two attached hydrogens (primary N) is 1. The lowest BCUT2D eigenvalue weighted by Gasteiger charge is -2.53. The standard InChI is InChI=1S/C30H48N7O6P/c1-20(16-37-18-34-23-24(31)32-17-33-25(23)37)41-19-44(40,35-28(2,3)26(38)42-21-10-7-6-8-11-21)36-29(4,5)27(39)43-22-14-30(15-22)12-9-13-30/h17-18,20-22H,6-16,19H2,1-5H3,(H2,31,32,33)(H2,35,36,40)/t20-,44?/m1/s1. The second-order valence-corrected chi connectivity index (χ2v) is 16.3. The van der Waals surface area contributed by atoms with Crippen molar-refractivity contribution in [2.24, 2.45) is 5.41 Å². The average Bonchev–Trinajstić information content (AvgIpc) is 3.32. The molecule has 2 aromatic heterocycles. The molecule has 2 aromatic rings. The zero-order valence-corrected chi connectivity index (χ0v) is 27.5. The van der Waals surface area contributed by atoms with Crippen molar-refractivity contribution in [3.05, 3.63) is 12.7 Å². The third kappa shape index (κ3) is 7.43. The van der Waals surface area contributed by atoms with Crippen LogP contribution in [0.3, 0.4) is 0 Å². The molecule has 0 aliphatic heterocycles. The van der Waals surface area contributed by atoms with Crippen molar-refractivity contribution in [3.63, 3.8) is 0 Å². The van der Waals surface area contributed by atoms with Gasteiger partial charge in [-0.25, -0.2) is 25.1 Å². The summed E-state index contributed by atoms with van der Waals surface area (Å²) in [5, 5.41) is 6.03. The Morgan fingerprint density at radius 2 is 1.61 bits per heavy atom. The number of nitrogen functional groups attached to an aromatic ring is 1. The number of esters is 2. The van der Waals surface area contributed by atoms with Crippen molar-refractivity contribution < 1.29 is 28.4 Å². The van der Waals surface area contributed by atoms with E-state index in [2.05, 4.69) is 25.1 Å². The van der Waals surface area contributed by atoms with Crippen molar-refractivity contribution in [1.29, 1.82) is 0 Å². The van der Waals surface area contributed by atoms with Crippen molar-refractivity contribution in [1.82, 2.24) is 29.7 Å². The quantitative estimate of drug-likeness (QED) is 0.209. The summed E-state index contributed by atoms with van der Waals surface area (Å²) in [4.78, 5) is 39.2. The first-order chi connectivity index (χ1) is 20.7. The number of hydrogen-bond donors (Lipinski definition) is 3. The fourth-order valence-corrected chi connectivity index (χ4v) is 9.17. The lowest BCUT2D eigenvalue weighted by Crippen LogP contribution is -2.56. The molecule has 0 amide bonds. The van der Waals surface area contributed by atoms with Gasteiger partial charge in [0, 0.05) is 0 Å². The number of ether oxygens (including phenoxy) is 3. The monoisotopic (exact) mass is 633 g/mol. The molecule has 0 saturated heterocycles. The zero-order chi connectivity index (χ0) is 31.8. The van der Waals surface area contributed by atoms with Crippen LogP contribution in [0.2, 0.25) is 0 Å². The van der Waals surface area contributed by atoms with E-state index < -0.39 is 36.6 Å². The molecule has 3 saturated carbocycles. The van der Waals surface area contributed by atoms with Gasteiger partial charge in [-0.1, -0.05) is 12.8 Å². The number of anilines is 1. The molecule has 244 valence electrons. The molecule has 4 N–H and O–H groups in total. The second kappa shape index (κ2) is 12.7. The molecule has 14 heteroatoms. The van der Waals surface area contributed by atoms with Gasteiger partial charge in [0.15, 0.2) is 11.5 Å². The maximum atomic E-state index is 14.6. The van der Waals surface area contributed by atoms with Crippen LogP contribution in [0.4, 0.5) is 5.82 Å². The van der Waals surface area contributed by atoms with Gasteiger partial charge in [0.05, 0.1) is 19.0 Å². The van der Waals surface area contributed by atoms with Gasteiger partial charge in [-0.3, -0.25) is 14.2 Å². The Labute approximate surface area is 259 Å². The number of nitrogens with zero attached hydrogens (tertiary/aromatic N) is 4. The molecule has 2 atom stereocenters. The van der Waals surface area contributed by atoms with Crippen LogP contribution < -0.4 is 15.9 Å². The van der Waals surface area contributed by atoms with Gasteiger partial charge in [-0.2, -0.15) is 0 Å². The molecule has 0 bridgehead atoms. The number of nitrogens with one attached hydrogen (secondary N) is 2. The minimum absolute atomic E-state index is 0.128. The van der Waals surface area contributed by atoms with E-state index in [4.69, 9.17) is 19.9 Å². The number of carbonyl (C=O) groups is 2. The first-order valence-electron chi connectivity index (χ1n) is 15.8. The molecular formula is C30H48N7O6P. The number of fused-ring (bicyclic) bond motifs is 1. The first-order valence-corrected chi connectivity index (χ1v) is 17.7. The van der Waals surface area contributed by atoms with Gasteiger partial charge in [0.2, 0.25) is 7.44 Å². The molecule has 44 heavy (non-hydrogen) atoms. The summed E-state index contributed by atoms with van der Waals surface area (Å²) in [6.45, 7) is 8.72. The summed E-state index contributed by atoms with van der Waals surface area (Å²) in [5.74, 6) is -0.708. The molecule has 3 aliphatic rings. The predicted octanol–water partition coefficient (Wildman–Crippen LogP) is 4.45. The Morgan fingerprint density at radius 1 is 1.00 bits per heavy atom. The maximum absolute atomic E-state index is 14.6. The number of imidazole rings is 1. The van der Waals surface area contributed by atoms with Gasteiger partial charge in [-0.15, -0.1) is 0 Å². The van der Waals surface area contributed by atoms with Crippen LogP contribution in [0.1, 0.15) is 98.8 Å². The maximum Gasteiger partial charge on any atom is 0.326 e. The van der Waals surface area contributed by atoms with Gasteiger partial charge >= 0.3 is 11.9 Å². The lowest BCUT2D eigenvalue weighted by molar-refractivity contribution is -0.173. The highest BCUT2D eigenvalue weighted by Crippen LogP contribution is 2.57. The molecule has 1 unspecified atom stereocenters. The number of rotatable bonds is 13. The minimum atomic E-state index is -3.77. The van der Waals surface area contributed by atoms with E-state index in [1.54, 1.807) is 38.6 Å². The summed E-state index contributed by atoms with van der Waals surface area (Å²) in [6.07, 6.45) is 12.1. The zero-order valence-electron chi connectivity index (χ0n) is 26.6. The van der Waals surface area contributed by atoms with E-state index in [-0.39, 0.29) is 24.4 Å². The molecular weight excluding hydrogens is 585 g/mol. The largest absolute Gasteiger partial charge is 0.461 e. The third-order valence-electron chi connectivity index (χ3n) is 9.20. The first kappa shape index (κ1) is 32.8. The number of hydrogen-bond acceptors (Lipinski definition) is 10. The molecule has 0 radical (unpaired) electrons. The van der Waals surface area contributed by atoms with Crippen LogP contribution in [0.5, 0.6) is 0 Å². The van der Waals surface area contributed by atoms with E-state index in [1.807, 2.05) is 6.92 Å². The molecule has 5 rings (SSSR count). The van der Waals surface area contributed by atoms with E-state index in [0.717, 1.165) is 44.9 Å². The molecule has 13 nitrogen and oxygen atoms in total. The third-order valence-corrected chi connectivity index (χ3v) is 11.6. The van der Waals surface area contributed by atoms with Crippen LogP contribution in [-0.2, 0) is 34.9 Å². The Morgan fingerprint density at radius 3 is 2.20 bits per heavy atom. The van der Waals surface area contributed by atoms with Crippen LogP contribution in [0, 0.1) is 5.41 Å². The molecule has 1 spiro atoms. The van der Waals surface area contributed by atoms with Gasteiger partial charge in [-0.05, 0) is 91.4 Å². The summed E-state index contributed by atoms with van der Waals surface area (Å²) >= 11 is 0. The lowest BCUT2D eigenvalue weighted by atomic mass is 9.55. The summed E-state index contributed by atoms with van der Waals surface area (Å²) in [5.41, 5.74) is 4.67. The van der Waals surface area contributed by atoms with Crippen molar-refractivity contribution in [2.45, 2.75) is 135 Å². The fourth-order valence-electron chi connectivity index (χ4n) is 6.54. The van der Waals surface area contributed by atoms with Crippen molar-refractivity contribution in [2.75, 3.05) is 12.1 Å². The van der Waals surface area contributed by atoms with Crippen LogP contribution >= 0.6 is 7.44 Å². The summed E-state index contributed by atoms with van der Waals surface area (Å²) < 4.78 is 34.2. The average molecular weight is 634 g/mol. The number of aromatic nitrogens is 4. The van der Waals surface area contributed by atoms with E-state index in [1.165, 1.54) is 25.6 Å². The second-order valence-electron chi connectivity index (χ2n) is 14.1. The highest BCUT2D eigenvalue weighted by atomic mass is 31.2. The Kier molecular flexibility index (Phi) is 9.43. The van der Waals surface area contributed by atoms with Crippen LogP contribution in [0.25, 0.3) is 11.2 Å². The van der Waals surface area contributed by atoms with Crippen molar-refractivity contribution >= 4 is 36.4 Å². The van der Waals surface area contributed by atoms with E-state index in [0.29, 0.717) is 23.1 Å². The molecule has 3 aliphatic carbocycles. The van der Waals surface area contributed by atoms with Gasteiger partial charge in [0.25, 0.3) is 0 Å². The molecule has 3 fully saturated rings. The van der Waals surface area contributed by atoms with Crippen molar-refractivity contribution in [3.8, 4) is 0 Å². The molecule has 2 heterocycles. The van der Waals surface area contributed by atoms with Crippen LogP contribution in [-0.4, -0.2) is 67.2 Å². The highest BCUT2D eigenvalue weighted by molar-refractivity contribution is 7.59. The van der Waals surface area contributed by atoms with E-state index >= 15 is 0 Å². The van der Waals surface area contributed by atoms with E-state index in [9.17, 15) is 14.2 Å².